The molecule has 5 atom stereocenters. The van der Waals surface area contributed by atoms with Crippen molar-refractivity contribution in [3.63, 3.8) is 0 Å². The van der Waals surface area contributed by atoms with Gasteiger partial charge in [-0.2, -0.15) is 0 Å². The average Bonchev–Trinajstić information content (AvgIpc) is 3.14. The number of nitrogen functional groups attached to an aromatic ring is 1. The van der Waals surface area contributed by atoms with E-state index in [4.69, 9.17) is 20.5 Å². The van der Waals surface area contributed by atoms with Crippen LogP contribution in [0.15, 0.2) is 11.5 Å². The number of aliphatic hydroxyl groups is 3. The van der Waals surface area contributed by atoms with Crippen LogP contribution in [0.1, 0.15) is 6.23 Å². The van der Waals surface area contributed by atoms with E-state index in [2.05, 4.69) is 19.3 Å². The van der Waals surface area contributed by atoms with E-state index in [0.717, 1.165) is 0 Å². The smallest absolute Gasteiger partial charge is 0.790 e. The Kier molecular flexibility index (Phi) is 17.1. The van der Waals surface area contributed by atoms with Crippen LogP contribution in [0.4, 0.5) is 5.82 Å². The molecule has 1 saturated heterocycles. The fourth-order valence-corrected chi connectivity index (χ4v) is 3.81. The summed E-state index contributed by atoms with van der Waals surface area (Å²) in [6, 6.07) is 0. The minimum absolute atomic E-state index is 0. The number of ether oxygens (including phenoxy) is 1. The molecule has 170 valence electrons. The van der Waals surface area contributed by atoms with E-state index in [1.165, 1.54) is 22.7 Å². The molecule has 1 unspecified atom stereocenters. The first kappa shape index (κ1) is 37.0. The second-order valence-electron chi connectivity index (χ2n) is 5.65. The summed E-state index contributed by atoms with van der Waals surface area (Å²) in [4.78, 5) is 48.2. The van der Waals surface area contributed by atoms with E-state index >= 15 is 0 Å². The van der Waals surface area contributed by atoms with Gasteiger partial charge in [0.15, 0.2) is 22.8 Å². The van der Waals surface area contributed by atoms with Crippen molar-refractivity contribution < 1.29 is 142 Å². The van der Waals surface area contributed by atoms with Crippen LogP contribution < -0.4 is 109 Å². The first-order valence-corrected chi connectivity index (χ1v) is 11.9. The van der Waals surface area contributed by atoms with Gasteiger partial charge >= 0.3 is 88.7 Å². The third-order valence-corrected chi connectivity index (χ3v) is 5.78. The monoisotopic (exact) mass is 557 g/mol. The number of anilines is 1. The predicted octanol–water partition coefficient (Wildman–Crippen LogP) is -13.0. The van der Waals surface area contributed by atoms with Gasteiger partial charge in [0.1, 0.15) is 23.8 Å². The van der Waals surface area contributed by atoms with Gasteiger partial charge in [-0.3, -0.25) is 13.4 Å². The van der Waals surface area contributed by atoms with Gasteiger partial charge in [0.25, 0.3) is 7.82 Å². The molecule has 0 saturated carbocycles. The van der Waals surface area contributed by atoms with E-state index < -0.39 is 46.8 Å². The largest absolute Gasteiger partial charge is 1.00 e. The van der Waals surface area contributed by atoms with Gasteiger partial charge in [-0.05, 0) is 6.26 Å². The summed E-state index contributed by atoms with van der Waals surface area (Å²) >= 11 is 1.32. The van der Waals surface area contributed by atoms with Crippen LogP contribution in [-0.2, 0) is 18.2 Å². The van der Waals surface area contributed by atoms with Gasteiger partial charge in [-0.1, -0.05) is 11.8 Å². The predicted molar refractivity (Wildman–Crippen MR) is 93.0 cm³/mol. The molecule has 2 aromatic heterocycles. The number of thioether (sulfide) groups is 1. The summed E-state index contributed by atoms with van der Waals surface area (Å²) < 4.78 is 28.4. The number of fused-ring (bicyclic) bond motifs is 1. The van der Waals surface area contributed by atoms with Gasteiger partial charge in [0.2, 0.25) is 0 Å². The van der Waals surface area contributed by atoms with Crippen LogP contribution in [0, 0.1) is 0 Å². The Morgan fingerprint density at radius 1 is 1.21 bits per heavy atom. The Morgan fingerprint density at radius 2 is 1.79 bits per heavy atom. The van der Waals surface area contributed by atoms with Crippen molar-refractivity contribution in [2.75, 3.05) is 18.6 Å². The molecule has 33 heavy (non-hydrogen) atoms. The topological polar surface area (TPSA) is 272 Å². The van der Waals surface area contributed by atoms with E-state index in [1.54, 1.807) is 0 Å². The number of nitrogens with zero attached hydrogens (tertiary/aromatic N) is 4. The Labute approximate surface area is 257 Å². The molecule has 1 aliphatic rings. The summed E-state index contributed by atoms with van der Waals surface area (Å²) in [6.07, 6.45) is -0.911. The Morgan fingerprint density at radius 3 is 2.18 bits per heavy atom. The zero-order valence-electron chi connectivity index (χ0n) is 17.9. The first-order chi connectivity index (χ1) is 13.8. The summed E-state index contributed by atoms with van der Waals surface area (Å²) in [7, 11) is -11.0. The van der Waals surface area contributed by atoms with Crippen molar-refractivity contribution >= 4 is 44.4 Å². The fraction of sp³-hybridized carbons (Fsp3) is 0.545. The molecule has 0 radical (unpaired) electrons. The summed E-state index contributed by atoms with van der Waals surface area (Å²) in [5.41, 5.74) is 6.63. The zero-order chi connectivity index (χ0) is 22.9. The minimum atomic E-state index is -5.61. The summed E-state index contributed by atoms with van der Waals surface area (Å²) in [5, 5.41) is 29.5. The molecule has 22 heteroatoms. The van der Waals surface area contributed by atoms with Crippen LogP contribution in [0.2, 0.25) is 0 Å². The number of aliphatic hydroxyl groups excluding tert-OH is 3. The molecular formula is C11H16N5Na3O11P2S. The van der Waals surface area contributed by atoms with Crippen molar-refractivity contribution in [2.45, 2.75) is 29.7 Å². The third kappa shape index (κ3) is 10.6. The maximum Gasteiger partial charge on any atom is 1.00 e. The number of imidazole rings is 1. The molecule has 3 heterocycles. The van der Waals surface area contributed by atoms with Crippen molar-refractivity contribution in [3.05, 3.63) is 6.33 Å². The number of aromatic nitrogens is 4. The van der Waals surface area contributed by atoms with E-state index in [1.807, 2.05) is 6.26 Å². The molecule has 1 aliphatic heterocycles. The number of rotatable bonds is 5. The van der Waals surface area contributed by atoms with Crippen molar-refractivity contribution in [1.82, 2.24) is 19.5 Å². The second kappa shape index (κ2) is 15.3. The molecule has 2 aromatic rings. The second-order valence-corrected chi connectivity index (χ2v) is 8.90. The Bertz CT molecular complexity index is 974. The van der Waals surface area contributed by atoms with Crippen LogP contribution in [-0.4, -0.2) is 70.9 Å². The number of hydrogen-bond acceptors (Lipinski definition) is 15. The van der Waals surface area contributed by atoms with Crippen LogP contribution in [0.3, 0.4) is 0 Å². The third-order valence-electron chi connectivity index (χ3n) is 3.60. The molecule has 6 N–H and O–H groups in total. The van der Waals surface area contributed by atoms with Gasteiger partial charge in [0, 0.05) is 0 Å². The number of phosphoric acid groups is 2. The summed E-state index contributed by atoms with van der Waals surface area (Å²) in [6.45, 7) is -0.394. The number of nitrogens with two attached hydrogens (primary N) is 1. The molecule has 0 bridgehead atoms. The molecule has 16 nitrogen and oxygen atoms in total. The average molecular weight is 557 g/mol. The van der Waals surface area contributed by atoms with Crippen LogP contribution >= 0.6 is 27.4 Å². The van der Waals surface area contributed by atoms with E-state index in [-0.39, 0.29) is 94.5 Å². The molecule has 0 aromatic carbocycles. The van der Waals surface area contributed by atoms with Crippen LogP contribution in [0.5, 0.6) is 0 Å². The standard InChI is InChI=1S/C11H15N5O4S.3Na.H4O7P2/c1-21-11-14-8(12)5-9(15-11)16(3-13-5)10-7(19)6(18)4(2-17)20-10;;;;1-8(2,3)7-9(4,5)6/h3-4,6-7,10,17-19H,2H2,1H3,(H2,12,14,15);;;;(H2,1,2,3)(H2,4,5,6)/q;3*+1;/p-3/t4-,6-,7-,10-;;;;/m1..../s1. The molecule has 3 rings (SSSR count). The quantitative estimate of drug-likeness (QED) is 0.0988. The van der Waals surface area contributed by atoms with Gasteiger partial charge in [0.05, 0.1) is 20.8 Å². The van der Waals surface area contributed by atoms with Crippen molar-refractivity contribution in [3.8, 4) is 0 Å². The van der Waals surface area contributed by atoms with Gasteiger partial charge < -0.3 is 49.9 Å². The molecule has 1 fully saturated rings. The zero-order valence-corrected chi connectivity index (χ0v) is 26.5. The molecular weight excluding hydrogens is 541 g/mol. The van der Waals surface area contributed by atoms with Gasteiger partial charge in [-0.25, -0.2) is 15.0 Å². The number of hydrogen-bond donors (Lipinski definition) is 5. The maximum atomic E-state index is 10.1. The van der Waals surface area contributed by atoms with E-state index in [9.17, 15) is 34.0 Å². The first-order valence-electron chi connectivity index (χ1n) is 7.71. The van der Waals surface area contributed by atoms with E-state index in [0.29, 0.717) is 16.3 Å². The minimum Gasteiger partial charge on any atom is -0.790 e. The Hall–Kier alpha value is 1.80. The molecule has 0 aliphatic carbocycles. The molecule has 0 amide bonds. The SMILES string of the molecule is CSc1nc(N)c2ncn([C@@H]3O[C@H](CO)[C@@H](O)[C@H]3O)c2n1.O=P([O-])([O-])OP(=O)([O-])O.[Na+].[Na+].[Na+]. The van der Waals surface area contributed by atoms with Crippen LogP contribution in [0.25, 0.3) is 11.2 Å². The van der Waals surface area contributed by atoms with Crippen molar-refractivity contribution in [1.29, 1.82) is 0 Å². The fourth-order valence-electron chi connectivity index (χ4n) is 2.43. The normalized spacial score (nSPS) is 23.9. The maximum absolute atomic E-state index is 10.1. The summed E-state index contributed by atoms with van der Waals surface area (Å²) in [5.74, 6) is 0.231. The van der Waals surface area contributed by atoms with Crippen molar-refractivity contribution in [2.24, 2.45) is 0 Å². The molecule has 0 spiro atoms. The van der Waals surface area contributed by atoms with Gasteiger partial charge in [-0.15, -0.1) is 0 Å². The Balaban J connectivity index is 0.